The van der Waals surface area contributed by atoms with Crippen molar-refractivity contribution in [2.45, 2.75) is 37.8 Å². The van der Waals surface area contributed by atoms with E-state index in [-0.39, 0.29) is 30.4 Å². The molecular formula is C26H28ClN5O3S. The summed E-state index contributed by atoms with van der Waals surface area (Å²) in [4.78, 5) is 27.1. The SMILES string of the molecule is O=C(N[C@H]1CC(=O)N(c2ccc(CC3CNCCO3)cc2)C1)c1nnc(CCc2ccc(Cl)cc2)s1. The van der Waals surface area contributed by atoms with E-state index < -0.39 is 0 Å². The quantitative estimate of drug-likeness (QED) is 0.469. The van der Waals surface area contributed by atoms with Crippen LogP contribution in [0.4, 0.5) is 5.69 Å². The number of benzene rings is 2. The Balaban J connectivity index is 1.12. The van der Waals surface area contributed by atoms with Gasteiger partial charge in [0.1, 0.15) is 5.01 Å². The van der Waals surface area contributed by atoms with E-state index in [1.165, 1.54) is 16.9 Å². The average Bonchev–Trinajstić information content (AvgIpc) is 3.51. The predicted molar refractivity (Wildman–Crippen MR) is 140 cm³/mol. The highest BCUT2D eigenvalue weighted by atomic mass is 35.5. The summed E-state index contributed by atoms with van der Waals surface area (Å²) >= 11 is 7.22. The zero-order valence-electron chi connectivity index (χ0n) is 19.8. The van der Waals surface area contributed by atoms with E-state index >= 15 is 0 Å². The third-order valence-corrected chi connectivity index (χ3v) is 7.61. The van der Waals surface area contributed by atoms with Gasteiger partial charge in [-0.2, -0.15) is 0 Å². The second-order valence-corrected chi connectivity index (χ2v) is 10.6. The minimum absolute atomic E-state index is 0.00576. The summed E-state index contributed by atoms with van der Waals surface area (Å²) in [5, 5.41) is 16.3. The Morgan fingerprint density at radius 2 is 1.89 bits per heavy atom. The Labute approximate surface area is 219 Å². The Hall–Kier alpha value is -2.85. The van der Waals surface area contributed by atoms with Crippen LogP contribution in [0.15, 0.2) is 48.5 Å². The highest BCUT2D eigenvalue weighted by Crippen LogP contribution is 2.23. The number of halogens is 1. The van der Waals surface area contributed by atoms with Crippen molar-refractivity contribution < 1.29 is 14.3 Å². The van der Waals surface area contributed by atoms with Gasteiger partial charge in [0.05, 0.1) is 18.8 Å². The fraction of sp³-hybridized carbons (Fsp3) is 0.385. The molecule has 0 bridgehead atoms. The van der Waals surface area contributed by atoms with Crippen molar-refractivity contribution >= 4 is 40.4 Å². The van der Waals surface area contributed by atoms with Crippen LogP contribution in [-0.4, -0.2) is 60.4 Å². The number of carbonyl (C=O) groups excluding carboxylic acids is 2. The number of amides is 2. The molecule has 5 rings (SSSR count). The topological polar surface area (TPSA) is 96.5 Å². The largest absolute Gasteiger partial charge is 0.375 e. The first-order valence-electron chi connectivity index (χ1n) is 12.1. The first-order valence-corrected chi connectivity index (χ1v) is 13.3. The lowest BCUT2D eigenvalue weighted by atomic mass is 10.1. The zero-order chi connectivity index (χ0) is 24.9. The summed E-state index contributed by atoms with van der Waals surface area (Å²) in [5.41, 5.74) is 3.16. The highest BCUT2D eigenvalue weighted by molar-refractivity contribution is 7.13. The van der Waals surface area contributed by atoms with Gasteiger partial charge in [0.25, 0.3) is 5.91 Å². The summed E-state index contributed by atoms with van der Waals surface area (Å²) < 4.78 is 5.78. The van der Waals surface area contributed by atoms with E-state index in [2.05, 4.69) is 20.8 Å². The number of rotatable bonds is 8. The van der Waals surface area contributed by atoms with E-state index in [1.807, 2.05) is 48.5 Å². The lowest BCUT2D eigenvalue weighted by Crippen LogP contribution is -2.39. The summed E-state index contributed by atoms with van der Waals surface area (Å²) in [7, 11) is 0. The first kappa shape index (κ1) is 24.8. The molecule has 8 nitrogen and oxygen atoms in total. The molecule has 2 atom stereocenters. The van der Waals surface area contributed by atoms with Crippen LogP contribution in [0.1, 0.15) is 32.4 Å². The van der Waals surface area contributed by atoms with Crippen LogP contribution in [-0.2, 0) is 28.8 Å². The first-order chi connectivity index (χ1) is 17.5. The fourth-order valence-corrected chi connectivity index (χ4v) is 5.34. The number of morpholine rings is 1. The lowest BCUT2D eigenvalue weighted by Gasteiger charge is -2.24. The molecular weight excluding hydrogens is 498 g/mol. The van der Waals surface area contributed by atoms with Crippen molar-refractivity contribution in [1.82, 2.24) is 20.8 Å². The van der Waals surface area contributed by atoms with Crippen molar-refractivity contribution in [2.24, 2.45) is 0 Å². The maximum atomic E-state index is 12.7. The van der Waals surface area contributed by atoms with E-state index in [9.17, 15) is 9.59 Å². The highest BCUT2D eigenvalue weighted by Gasteiger charge is 2.32. The molecule has 2 N–H and O–H groups in total. The molecule has 2 amide bonds. The molecule has 1 unspecified atom stereocenters. The van der Waals surface area contributed by atoms with Gasteiger partial charge in [-0.15, -0.1) is 10.2 Å². The zero-order valence-corrected chi connectivity index (χ0v) is 21.4. The van der Waals surface area contributed by atoms with Crippen LogP contribution in [0.2, 0.25) is 5.02 Å². The summed E-state index contributed by atoms with van der Waals surface area (Å²) in [6, 6.07) is 15.4. The summed E-state index contributed by atoms with van der Waals surface area (Å²) in [6.45, 7) is 2.92. The molecule has 2 saturated heterocycles. The van der Waals surface area contributed by atoms with Crippen LogP contribution in [0.25, 0.3) is 0 Å². The molecule has 3 aromatic rings. The number of aryl methyl sites for hydroxylation is 2. The van der Waals surface area contributed by atoms with Crippen LogP contribution in [0.3, 0.4) is 0 Å². The van der Waals surface area contributed by atoms with Crippen molar-refractivity contribution in [3.63, 3.8) is 0 Å². The maximum absolute atomic E-state index is 12.7. The second-order valence-electron chi connectivity index (χ2n) is 9.07. The Kier molecular flexibility index (Phi) is 7.91. The number of nitrogens with zero attached hydrogens (tertiary/aromatic N) is 3. The molecule has 0 aliphatic carbocycles. The number of aromatic nitrogens is 2. The summed E-state index contributed by atoms with van der Waals surface area (Å²) in [5.74, 6) is -0.296. The van der Waals surface area contributed by atoms with Crippen molar-refractivity contribution in [1.29, 1.82) is 0 Å². The molecule has 2 aromatic carbocycles. The Morgan fingerprint density at radius 3 is 2.64 bits per heavy atom. The normalized spacial score (nSPS) is 20.0. The minimum atomic E-state index is -0.290. The molecule has 10 heteroatoms. The van der Waals surface area contributed by atoms with Crippen molar-refractivity contribution in [3.05, 3.63) is 74.7 Å². The summed E-state index contributed by atoms with van der Waals surface area (Å²) in [6.07, 6.45) is 2.77. The van der Waals surface area contributed by atoms with Gasteiger partial charge in [-0.3, -0.25) is 9.59 Å². The average molecular weight is 526 g/mol. The van der Waals surface area contributed by atoms with Crippen LogP contribution < -0.4 is 15.5 Å². The van der Waals surface area contributed by atoms with Crippen LogP contribution in [0.5, 0.6) is 0 Å². The number of hydrogen-bond donors (Lipinski definition) is 2. The monoisotopic (exact) mass is 525 g/mol. The second kappa shape index (κ2) is 11.5. The van der Waals surface area contributed by atoms with E-state index in [0.29, 0.717) is 23.0 Å². The van der Waals surface area contributed by atoms with Crippen LogP contribution in [0, 0.1) is 0 Å². The molecule has 2 aliphatic rings. The van der Waals surface area contributed by atoms with E-state index in [0.717, 1.165) is 48.8 Å². The van der Waals surface area contributed by atoms with Crippen molar-refractivity contribution in [3.8, 4) is 0 Å². The molecule has 3 heterocycles. The Bertz CT molecular complexity index is 1200. The van der Waals surface area contributed by atoms with E-state index in [1.54, 1.807) is 4.90 Å². The fourth-order valence-electron chi connectivity index (χ4n) is 4.48. The van der Waals surface area contributed by atoms with Gasteiger partial charge in [0, 0.05) is 43.2 Å². The van der Waals surface area contributed by atoms with Gasteiger partial charge in [0.2, 0.25) is 10.9 Å². The number of carbonyl (C=O) groups is 2. The van der Waals surface area contributed by atoms with Gasteiger partial charge in [-0.25, -0.2) is 0 Å². The lowest BCUT2D eigenvalue weighted by molar-refractivity contribution is -0.117. The number of ether oxygens (including phenoxy) is 1. The molecule has 188 valence electrons. The minimum Gasteiger partial charge on any atom is -0.375 e. The number of anilines is 1. The third kappa shape index (κ3) is 6.28. The van der Waals surface area contributed by atoms with Gasteiger partial charge in [0.15, 0.2) is 0 Å². The number of hydrogen-bond acceptors (Lipinski definition) is 7. The molecule has 0 saturated carbocycles. The number of nitrogens with one attached hydrogen (secondary N) is 2. The van der Waals surface area contributed by atoms with Crippen molar-refractivity contribution in [2.75, 3.05) is 31.1 Å². The molecule has 0 radical (unpaired) electrons. The molecule has 2 aliphatic heterocycles. The molecule has 36 heavy (non-hydrogen) atoms. The van der Waals surface area contributed by atoms with Gasteiger partial charge >= 0.3 is 0 Å². The predicted octanol–water partition coefficient (Wildman–Crippen LogP) is 3.04. The molecule has 0 spiro atoms. The third-order valence-electron chi connectivity index (χ3n) is 6.38. The van der Waals surface area contributed by atoms with Gasteiger partial charge in [-0.05, 0) is 48.2 Å². The standard InChI is InChI=1S/C26H28ClN5O3S/c27-19-6-1-17(2-7-19)5-10-23-30-31-26(36-23)25(34)29-20-14-24(33)32(16-20)21-8-3-18(4-9-21)13-22-15-28-11-12-35-22/h1-4,6-9,20,22,28H,5,10-16H2,(H,29,34)/t20-,22?/m0/s1. The van der Waals surface area contributed by atoms with Crippen LogP contribution >= 0.6 is 22.9 Å². The van der Waals surface area contributed by atoms with Gasteiger partial charge in [-0.1, -0.05) is 47.2 Å². The maximum Gasteiger partial charge on any atom is 0.282 e. The molecule has 1 aromatic heterocycles. The van der Waals surface area contributed by atoms with Gasteiger partial charge < -0.3 is 20.3 Å². The smallest absolute Gasteiger partial charge is 0.282 e. The van der Waals surface area contributed by atoms with E-state index in [4.69, 9.17) is 16.3 Å². The Morgan fingerprint density at radius 1 is 1.11 bits per heavy atom. The molecule has 2 fully saturated rings.